The van der Waals surface area contributed by atoms with Crippen molar-refractivity contribution in [3.05, 3.63) is 65.7 Å². The molecule has 2 aromatic carbocycles. The summed E-state index contributed by atoms with van der Waals surface area (Å²) in [5, 5.41) is 22.2. The van der Waals surface area contributed by atoms with Crippen LogP contribution in [0.25, 0.3) is 0 Å². The van der Waals surface area contributed by atoms with Crippen LogP contribution < -0.4 is 15.3 Å². The molecule has 0 amide bonds. The van der Waals surface area contributed by atoms with Crippen molar-refractivity contribution in [2.24, 2.45) is 5.14 Å². The smallest absolute Gasteiger partial charge is 0.238 e. The van der Waals surface area contributed by atoms with E-state index < -0.39 is 10.0 Å². The summed E-state index contributed by atoms with van der Waals surface area (Å²) in [5.74, 6) is 0.381. The van der Waals surface area contributed by atoms with Crippen LogP contribution in [0.4, 0.5) is 5.69 Å². The van der Waals surface area contributed by atoms with Crippen LogP contribution >= 0.6 is 0 Å². The molecule has 0 aliphatic heterocycles. The summed E-state index contributed by atoms with van der Waals surface area (Å²) >= 11 is 0. The Morgan fingerprint density at radius 2 is 1.93 bits per heavy atom. The maximum atomic E-state index is 12.0. The van der Waals surface area contributed by atoms with Gasteiger partial charge in [0.05, 0.1) is 29.3 Å². The van der Waals surface area contributed by atoms with Gasteiger partial charge in [0.1, 0.15) is 18.4 Å². The topological polar surface area (TPSA) is 136 Å². The predicted molar refractivity (Wildman–Crippen MR) is 97.4 cm³/mol. The van der Waals surface area contributed by atoms with E-state index in [1.807, 2.05) is 0 Å². The third-order valence-corrected chi connectivity index (χ3v) is 4.86. The van der Waals surface area contributed by atoms with Crippen LogP contribution in [-0.4, -0.2) is 30.4 Å². The second-order valence-corrected chi connectivity index (χ2v) is 7.19. The lowest BCUT2D eigenvalue weighted by Crippen LogP contribution is -2.15. The largest absolute Gasteiger partial charge is 0.497 e. The van der Waals surface area contributed by atoms with Gasteiger partial charge in [0.25, 0.3) is 0 Å². The van der Waals surface area contributed by atoms with Crippen molar-refractivity contribution in [2.75, 3.05) is 12.5 Å². The van der Waals surface area contributed by atoms with E-state index in [-0.39, 0.29) is 11.3 Å². The first-order chi connectivity index (χ1) is 12.9. The summed E-state index contributed by atoms with van der Waals surface area (Å²) in [6, 6.07) is 11.9. The molecule has 27 heavy (non-hydrogen) atoms. The van der Waals surface area contributed by atoms with Gasteiger partial charge >= 0.3 is 0 Å². The number of hydrogen-bond donors (Lipinski definition) is 2. The number of hydrogen-bond acceptors (Lipinski definition) is 7. The first kappa shape index (κ1) is 18.4. The van der Waals surface area contributed by atoms with Crippen LogP contribution in [0, 0.1) is 11.3 Å². The second kappa shape index (κ2) is 7.45. The molecule has 1 aromatic heterocycles. The number of rotatable bonds is 6. The molecule has 0 aliphatic rings. The molecule has 0 fully saturated rings. The van der Waals surface area contributed by atoms with Crippen molar-refractivity contribution in [3.63, 3.8) is 0 Å². The minimum absolute atomic E-state index is 0.0390. The Balaban J connectivity index is 2.01. The molecule has 0 bridgehead atoms. The van der Waals surface area contributed by atoms with Gasteiger partial charge < -0.3 is 4.74 Å². The van der Waals surface area contributed by atoms with Gasteiger partial charge in [-0.3, -0.25) is 5.43 Å². The fourth-order valence-electron chi connectivity index (χ4n) is 2.60. The molecule has 0 spiro atoms. The molecule has 10 heteroatoms. The number of sulfonamides is 1. The molecule has 0 aliphatic carbocycles. The van der Waals surface area contributed by atoms with Gasteiger partial charge in [-0.05, 0) is 35.4 Å². The molecule has 138 valence electrons. The van der Waals surface area contributed by atoms with E-state index >= 15 is 0 Å². The maximum Gasteiger partial charge on any atom is 0.238 e. The highest BCUT2D eigenvalue weighted by Gasteiger charge is 2.17. The third kappa shape index (κ3) is 4.22. The molecule has 0 saturated carbocycles. The first-order valence-corrected chi connectivity index (χ1v) is 9.30. The van der Waals surface area contributed by atoms with Crippen LogP contribution in [0.3, 0.4) is 0 Å². The van der Waals surface area contributed by atoms with Gasteiger partial charge in [-0.2, -0.15) is 5.26 Å². The van der Waals surface area contributed by atoms with Gasteiger partial charge in [-0.25, -0.2) is 18.2 Å². The number of primary sulfonamides is 1. The van der Waals surface area contributed by atoms with E-state index in [1.165, 1.54) is 25.8 Å². The quantitative estimate of drug-likeness (QED) is 0.653. The van der Waals surface area contributed by atoms with E-state index in [0.717, 1.165) is 0 Å². The highest BCUT2D eigenvalue weighted by atomic mass is 32.2. The second-order valence-electron chi connectivity index (χ2n) is 5.66. The minimum Gasteiger partial charge on any atom is -0.497 e. The van der Waals surface area contributed by atoms with E-state index in [4.69, 9.17) is 9.88 Å². The van der Waals surface area contributed by atoms with E-state index in [9.17, 15) is 13.7 Å². The zero-order valence-electron chi connectivity index (χ0n) is 14.3. The number of nitrogens with zero attached hydrogens (tertiary/aromatic N) is 4. The number of benzene rings is 2. The number of methoxy groups -OCH3 is 1. The van der Waals surface area contributed by atoms with Gasteiger partial charge in [0.15, 0.2) is 0 Å². The Labute approximate surface area is 156 Å². The van der Waals surface area contributed by atoms with Crippen molar-refractivity contribution in [1.82, 2.24) is 14.9 Å². The van der Waals surface area contributed by atoms with Crippen LogP contribution in [0.15, 0.2) is 53.9 Å². The Hall–Kier alpha value is -3.42. The minimum atomic E-state index is -3.96. The summed E-state index contributed by atoms with van der Waals surface area (Å²) in [7, 11) is -2.52. The third-order valence-electron chi connectivity index (χ3n) is 3.86. The van der Waals surface area contributed by atoms with E-state index in [0.29, 0.717) is 28.1 Å². The standard InChI is InChI=1S/C17H16N6O3S/c1-26-16-5-3-12(17(8-16)27(19,24)25)6-14-7-15(4-2-13(14)9-18)22-23-10-20-21-11-23/h2-5,7-8,10-11,22H,6H2,1H3,(H2,19,24,25). The van der Waals surface area contributed by atoms with Gasteiger partial charge in [0.2, 0.25) is 10.0 Å². The summed E-state index contributed by atoms with van der Waals surface area (Å²) < 4.78 is 30.6. The lowest BCUT2D eigenvalue weighted by Gasteiger charge is -2.13. The average Bonchev–Trinajstić information content (AvgIpc) is 3.14. The van der Waals surface area contributed by atoms with Crippen molar-refractivity contribution in [3.8, 4) is 11.8 Å². The van der Waals surface area contributed by atoms with Gasteiger partial charge in [0, 0.05) is 12.5 Å². The highest BCUT2D eigenvalue weighted by molar-refractivity contribution is 7.89. The van der Waals surface area contributed by atoms with Gasteiger partial charge in [-0.1, -0.05) is 6.07 Å². The summed E-state index contributed by atoms with van der Waals surface area (Å²) in [6.45, 7) is 0. The number of nitriles is 1. The number of nitrogens with one attached hydrogen (secondary N) is 1. The number of ether oxygens (including phenoxy) is 1. The van der Waals surface area contributed by atoms with Crippen molar-refractivity contribution in [2.45, 2.75) is 11.3 Å². The molecule has 0 saturated heterocycles. The van der Waals surface area contributed by atoms with Gasteiger partial charge in [-0.15, -0.1) is 10.2 Å². The predicted octanol–water partition coefficient (Wildman–Crippen LogP) is 1.27. The summed E-state index contributed by atoms with van der Waals surface area (Å²) in [6.07, 6.45) is 3.18. The number of aromatic nitrogens is 3. The molecule has 3 N–H and O–H groups in total. The molecule has 1 heterocycles. The Morgan fingerprint density at radius 1 is 1.19 bits per heavy atom. The SMILES string of the molecule is COc1ccc(Cc2cc(Nn3cnnc3)ccc2C#N)c(S(N)(=O)=O)c1. The normalized spacial score (nSPS) is 11.0. The fourth-order valence-corrected chi connectivity index (χ4v) is 3.39. The number of nitrogens with two attached hydrogens (primary N) is 1. The first-order valence-electron chi connectivity index (χ1n) is 7.75. The molecule has 9 nitrogen and oxygen atoms in total. The van der Waals surface area contributed by atoms with E-state index in [1.54, 1.807) is 35.0 Å². The Kier molecular flexibility index (Phi) is 5.07. The number of anilines is 1. The molecular weight excluding hydrogens is 368 g/mol. The molecule has 3 aromatic rings. The molecule has 0 atom stereocenters. The van der Waals surface area contributed by atoms with Crippen LogP contribution in [-0.2, 0) is 16.4 Å². The van der Waals surface area contributed by atoms with Crippen LogP contribution in [0.1, 0.15) is 16.7 Å². The highest BCUT2D eigenvalue weighted by Crippen LogP contribution is 2.26. The van der Waals surface area contributed by atoms with Crippen LogP contribution in [0.2, 0.25) is 0 Å². The molecule has 0 radical (unpaired) electrons. The molecular formula is C17H16N6O3S. The van der Waals surface area contributed by atoms with Crippen molar-refractivity contribution >= 4 is 15.7 Å². The monoisotopic (exact) mass is 384 g/mol. The van der Waals surface area contributed by atoms with Crippen molar-refractivity contribution < 1.29 is 13.2 Å². The van der Waals surface area contributed by atoms with E-state index in [2.05, 4.69) is 21.7 Å². The Morgan fingerprint density at radius 3 is 2.56 bits per heavy atom. The molecule has 0 unspecified atom stereocenters. The van der Waals surface area contributed by atoms with Crippen LogP contribution in [0.5, 0.6) is 5.75 Å². The summed E-state index contributed by atoms with van der Waals surface area (Å²) in [4.78, 5) is -0.0390. The molecule has 3 rings (SSSR count). The lowest BCUT2D eigenvalue weighted by atomic mass is 9.99. The summed E-state index contributed by atoms with van der Waals surface area (Å²) in [5.41, 5.74) is 5.28. The fraction of sp³-hybridized carbons (Fsp3) is 0.118. The lowest BCUT2D eigenvalue weighted by molar-refractivity contribution is 0.413. The maximum absolute atomic E-state index is 12.0. The Bertz CT molecular complexity index is 1100. The van der Waals surface area contributed by atoms with Crippen molar-refractivity contribution in [1.29, 1.82) is 5.26 Å². The zero-order valence-corrected chi connectivity index (χ0v) is 15.1. The average molecular weight is 384 g/mol. The zero-order chi connectivity index (χ0) is 19.4.